The molecule has 1 heterocycles. The third kappa shape index (κ3) is 2.94. The Hall–Kier alpha value is -0.840. The first-order valence-corrected chi connectivity index (χ1v) is 6.63. The van der Waals surface area contributed by atoms with E-state index >= 15 is 0 Å². The van der Waals surface area contributed by atoms with Crippen molar-refractivity contribution in [3.8, 4) is 0 Å². The van der Waals surface area contributed by atoms with E-state index in [0.717, 1.165) is 11.1 Å². The summed E-state index contributed by atoms with van der Waals surface area (Å²) in [5, 5.41) is 3.63. The van der Waals surface area contributed by atoms with E-state index in [1.807, 2.05) is 13.1 Å². The van der Waals surface area contributed by atoms with Crippen LogP contribution in [-0.2, 0) is 6.42 Å². The lowest BCUT2D eigenvalue weighted by Gasteiger charge is -2.16. The molecule has 2 nitrogen and oxygen atoms in total. The van der Waals surface area contributed by atoms with Crippen LogP contribution in [0.25, 0.3) is 0 Å². The van der Waals surface area contributed by atoms with Crippen LogP contribution in [0, 0.1) is 5.82 Å². The van der Waals surface area contributed by atoms with E-state index < -0.39 is 0 Å². The Kier molecular flexibility index (Phi) is 4.43. The Morgan fingerprint density at radius 1 is 1.44 bits per heavy atom. The largest absolute Gasteiger partial charge is 0.457 e. The first-order valence-electron chi connectivity index (χ1n) is 5.46. The lowest BCUT2D eigenvalue weighted by atomic mass is 10.0. The summed E-state index contributed by atoms with van der Waals surface area (Å²) < 4.78 is 18.9. The summed E-state index contributed by atoms with van der Waals surface area (Å²) in [6.45, 7) is 0. The van der Waals surface area contributed by atoms with Gasteiger partial charge in [0.1, 0.15) is 5.82 Å². The molecular weight excluding hydrogens is 321 g/mol. The molecule has 0 aliphatic heterocycles. The summed E-state index contributed by atoms with van der Waals surface area (Å²) in [6, 6.07) is 6.39. The molecular formula is C13H12BrClFNO. The second-order valence-corrected chi connectivity index (χ2v) is 5.06. The van der Waals surface area contributed by atoms with Crippen LogP contribution in [0.3, 0.4) is 0 Å². The van der Waals surface area contributed by atoms with Crippen molar-refractivity contribution in [2.45, 2.75) is 12.5 Å². The molecule has 1 unspecified atom stereocenters. The van der Waals surface area contributed by atoms with Gasteiger partial charge in [0.2, 0.25) is 0 Å². The van der Waals surface area contributed by atoms with Crippen LogP contribution in [0.1, 0.15) is 17.2 Å². The molecule has 5 heteroatoms. The van der Waals surface area contributed by atoms with E-state index in [9.17, 15) is 4.39 Å². The van der Waals surface area contributed by atoms with Gasteiger partial charge in [0, 0.05) is 16.6 Å². The van der Waals surface area contributed by atoms with E-state index in [4.69, 9.17) is 16.0 Å². The normalized spacial score (nSPS) is 12.7. The maximum atomic E-state index is 13.0. The number of halogens is 3. The number of hydrogen-bond donors (Lipinski definition) is 1. The van der Waals surface area contributed by atoms with Crippen LogP contribution >= 0.6 is 27.5 Å². The van der Waals surface area contributed by atoms with E-state index in [-0.39, 0.29) is 11.9 Å². The fraction of sp³-hybridized carbons (Fsp3) is 0.231. The van der Waals surface area contributed by atoms with Crippen molar-refractivity contribution in [3.05, 3.63) is 57.2 Å². The van der Waals surface area contributed by atoms with Gasteiger partial charge in [-0.3, -0.25) is 0 Å². The SMILES string of the molecule is CNC(Cc1ccc(F)cc1Cl)c1ccoc1Br. The molecule has 0 amide bonds. The maximum Gasteiger partial charge on any atom is 0.173 e. The molecule has 0 saturated heterocycles. The Morgan fingerprint density at radius 3 is 2.78 bits per heavy atom. The summed E-state index contributed by atoms with van der Waals surface area (Å²) in [7, 11) is 1.86. The van der Waals surface area contributed by atoms with Gasteiger partial charge >= 0.3 is 0 Å². The van der Waals surface area contributed by atoms with Gasteiger partial charge in [0.15, 0.2) is 4.67 Å². The van der Waals surface area contributed by atoms with Gasteiger partial charge in [-0.05, 0) is 53.2 Å². The summed E-state index contributed by atoms with van der Waals surface area (Å²) in [5.74, 6) is -0.325. The van der Waals surface area contributed by atoms with Gasteiger partial charge in [-0.25, -0.2) is 4.39 Å². The molecule has 1 atom stereocenters. The summed E-state index contributed by atoms with van der Waals surface area (Å²) in [6.07, 6.45) is 2.28. The zero-order chi connectivity index (χ0) is 13.1. The molecule has 1 aromatic heterocycles. The summed E-state index contributed by atoms with van der Waals surface area (Å²) >= 11 is 9.38. The van der Waals surface area contributed by atoms with Gasteiger partial charge in [0.25, 0.3) is 0 Å². The van der Waals surface area contributed by atoms with Crippen LogP contribution in [-0.4, -0.2) is 7.05 Å². The highest BCUT2D eigenvalue weighted by atomic mass is 79.9. The van der Waals surface area contributed by atoms with Gasteiger partial charge in [0.05, 0.1) is 6.26 Å². The third-order valence-corrected chi connectivity index (χ3v) is 3.81. The molecule has 0 aliphatic carbocycles. The smallest absolute Gasteiger partial charge is 0.173 e. The minimum absolute atomic E-state index is 0.0566. The average Bonchev–Trinajstić information content (AvgIpc) is 2.75. The van der Waals surface area contributed by atoms with Crippen molar-refractivity contribution in [2.75, 3.05) is 7.05 Å². The van der Waals surface area contributed by atoms with E-state index in [1.165, 1.54) is 12.1 Å². The molecule has 2 rings (SSSR count). The molecule has 0 radical (unpaired) electrons. The van der Waals surface area contributed by atoms with E-state index in [0.29, 0.717) is 16.1 Å². The van der Waals surface area contributed by atoms with Crippen LogP contribution in [0.15, 0.2) is 39.6 Å². The minimum Gasteiger partial charge on any atom is -0.457 e. The quantitative estimate of drug-likeness (QED) is 0.901. The van der Waals surface area contributed by atoms with Crippen molar-refractivity contribution < 1.29 is 8.81 Å². The van der Waals surface area contributed by atoms with Crippen LogP contribution in [0.4, 0.5) is 4.39 Å². The fourth-order valence-electron chi connectivity index (χ4n) is 1.83. The summed E-state index contributed by atoms with van der Waals surface area (Å²) in [4.78, 5) is 0. The standard InChI is InChI=1S/C13H12BrClFNO/c1-17-12(10-4-5-18-13(10)14)6-8-2-3-9(16)7-11(8)15/h2-5,7,12,17H,6H2,1H3. The van der Waals surface area contributed by atoms with Crippen LogP contribution in [0.5, 0.6) is 0 Å². The van der Waals surface area contributed by atoms with Crippen molar-refractivity contribution in [1.82, 2.24) is 5.32 Å². The molecule has 0 bridgehead atoms. The van der Waals surface area contributed by atoms with Crippen molar-refractivity contribution in [3.63, 3.8) is 0 Å². The van der Waals surface area contributed by atoms with Crippen LogP contribution in [0.2, 0.25) is 5.02 Å². The molecule has 0 aliphatic rings. The topological polar surface area (TPSA) is 25.2 Å². The number of nitrogens with one attached hydrogen (secondary N) is 1. The highest BCUT2D eigenvalue weighted by Crippen LogP contribution is 2.29. The van der Waals surface area contributed by atoms with Gasteiger partial charge in [-0.15, -0.1) is 0 Å². The van der Waals surface area contributed by atoms with Crippen LogP contribution < -0.4 is 5.32 Å². The predicted octanol–water partition coefficient (Wildman–Crippen LogP) is 4.34. The first kappa shape index (κ1) is 13.6. The van der Waals surface area contributed by atoms with Gasteiger partial charge in [-0.2, -0.15) is 0 Å². The molecule has 0 fully saturated rings. The second-order valence-electron chi connectivity index (χ2n) is 3.93. The Balaban J connectivity index is 2.23. The molecule has 1 N–H and O–H groups in total. The first-order chi connectivity index (χ1) is 8.61. The Morgan fingerprint density at radius 2 is 2.22 bits per heavy atom. The fourth-order valence-corrected chi connectivity index (χ4v) is 2.59. The third-order valence-electron chi connectivity index (χ3n) is 2.81. The van der Waals surface area contributed by atoms with E-state index in [2.05, 4.69) is 21.2 Å². The second kappa shape index (κ2) is 5.87. The Bertz CT molecular complexity index is 544. The van der Waals surface area contributed by atoms with Gasteiger partial charge < -0.3 is 9.73 Å². The maximum absolute atomic E-state index is 13.0. The number of benzene rings is 1. The highest BCUT2D eigenvalue weighted by Gasteiger charge is 2.17. The molecule has 2 aromatic rings. The lowest BCUT2D eigenvalue weighted by molar-refractivity contribution is 0.518. The molecule has 0 spiro atoms. The molecule has 1 aromatic carbocycles. The number of likely N-dealkylation sites (N-methyl/N-ethyl adjacent to an activating group) is 1. The molecule has 96 valence electrons. The zero-order valence-electron chi connectivity index (χ0n) is 9.71. The highest BCUT2D eigenvalue weighted by molar-refractivity contribution is 9.10. The van der Waals surface area contributed by atoms with Gasteiger partial charge in [-0.1, -0.05) is 17.7 Å². The average molecular weight is 333 g/mol. The van der Waals surface area contributed by atoms with Crippen molar-refractivity contribution in [2.24, 2.45) is 0 Å². The monoisotopic (exact) mass is 331 g/mol. The Labute approximate surface area is 118 Å². The summed E-state index contributed by atoms with van der Waals surface area (Å²) in [5.41, 5.74) is 1.91. The lowest BCUT2D eigenvalue weighted by Crippen LogP contribution is -2.18. The van der Waals surface area contributed by atoms with Crippen molar-refractivity contribution >= 4 is 27.5 Å². The molecule has 18 heavy (non-hydrogen) atoms. The number of hydrogen-bond acceptors (Lipinski definition) is 2. The number of furan rings is 1. The minimum atomic E-state index is -0.325. The van der Waals surface area contributed by atoms with Crippen molar-refractivity contribution in [1.29, 1.82) is 0 Å². The number of rotatable bonds is 4. The zero-order valence-corrected chi connectivity index (χ0v) is 12.1. The predicted molar refractivity (Wildman–Crippen MR) is 73.3 cm³/mol. The van der Waals surface area contributed by atoms with E-state index in [1.54, 1.807) is 12.3 Å². The molecule has 0 saturated carbocycles.